The average Bonchev–Trinajstić information content (AvgIpc) is 2.05. The third-order valence-corrected chi connectivity index (χ3v) is 1.66. The second-order valence-electron chi connectivity index (χ2n) is 2.61. The third kappa shape index (κ3) is 2.17. The fourth-order valence-electron chi connectivity index (χ4n) is 1.04. The molecule has 0 aromatic carbocycles. The standard InChI is InChI=1S/C8H15N3O/c1-3-12-6(2)7-4-8(9)11-10-5-7/h4-6,10-11H,3,9H2,1-2H3. The van der Waals surface area contributed by atoms with Gasteiger partial charge in [0.1, 0.15) is 5.82 Å². The molecule has 0 aromatic rings. The van der Waals surface area contributed by atoms with Gasteiger partial charge in [-0.3, -0.25) is 5.43 Å². The van der Waals surface area contributed by atoms with E-state index >= 15 is 0 Å². The molecule has 0 saturated carbocycles. The number of nitrogens with two attached hydrogens (primary N) is 1. The van der Waals surface area contributed by atoms with E-state index in [4.69, 9.17) is 10.5 Å². The fourth-order valence-corrected chi connectivity index (χ4v) is 1.04. The number of hydrogen-bond donors (Lipinski definition) is 3. The predicted molar refractivity (Wildman–Crippen MR) is 47.7 cm³/mol. The predicted octanol–water partition coefficient (Wildman–Crippen LogP) is 0.203. The van der Waals surface area contributed by atoms with Crippen molar-refractivity contribution < 1.29 is 4.74 Å². The van der Waals surface area contributed by atoms with Crippen molar-refractivity contribution in [2.24, 2.45) is 5.73 Å². The highest BCUT2D eigenvalue weighted by molar-refractivity contribution is 5.26. The topological polar surface area (TPSA) is 59.3 Å². The van der Waals surface area contributed by atoms with E-state index in [9.17, 15) is 0 Å². The lowest BCUT2D eigenvalue weighted by molar-refractivity contribution is 0.103. The van der Waals surface area contributed by atoms with Gasteiger partial charge in [0.05, 0.1) is 6.10 Å². The molecule has 0 radical (unpaired) electrons. The van der Waals surface area contributed by atoms with Gasteiger partial charge in [0.25, 0.3) is 0 Å². The Hall–Kier alpha value is -1.16. The van der Waals surface area contributed by atoms with Gasteiger partial charge < -0.3 is 15.9 Å². The van der Waals surface area contributed by atoms with Crippen LogP contribution in [0.1, 0.15) is 13.8 Å². The van der Waals surface area contributed by atoms with Crippen LogP contribution in [0.5, 0.6) is 0 Å². The molecule has 1 aliphatic heterocycles. The SMILES string of the molecule is CCOC(C)C1=CNNC(N)=C1. The van der Waals surface area contributed by atoms with Crippen LogP contribution < -0.4 is 16.6 Å². The Balaban J connectivity index is 2.56. The molecule has 1 rings (SSSR count). The maximum absolute atomic E-state index is 5.55. The van der Waals surface area contributed by atoms with Crippen LogP contribution in [0.4, 0.5) is 0 Å². The van der Waals surface area contributed by atoms with Gasteiger partial charge in [-0.15, -0.1) is 0 Å². The second kappa shape index (κ2) is 4.01. The van der Waals surface area contributed by atoms with Gasteiger partial charge in [0, 0.05) is 18.4 Å². The van der Waals surface area contributed by atoms with Crippen LogP contribution in [0.3, 0.4) is 0 Å². The molecule has 12 heavy (non-hydrogen) atoms. The summed E-state index contributed by atoms with van der Waals surface area (Å²) in [6.07, 6.45) is 3.79. The molecule has 4 N–H and O–H groups in total. The Morgan fingerprint density at radius 1 is 1.67 bits per heavy atom. The van der Waals surface area contributed by atoms with Crippen LogP contribution in [0.15, 0.2) is 23.7 Å². The first kappa shape index (κ1) is 8.93. The molecule has 0 aromatic heterocycles. The second-order valence-corrected chi connectivity index (χ2v) is 2.61. The minimum Gasteiger partial charge on any atom is -0.384 e. The number of ether oxygens (including phenoxy) is 1. The highest BCUT2D eigenvalue weighted by Crippen LogP contribution is 2.09. The van der Waals surface area contributed by atoms with E-state index in [1.165, 1.54) is 0 Å². The summed E-state index contributed by atoms with van der Waals surface area (Å²) >= 11 is 0. The zero-order chi connectivity index (χ0) is 8.97. The van der Waals surface area contributed by atoms with Gasteiger partial charge in [-0.1, -0.05) is 0 Å². The van der Waals surface area contributed by atoms with Gasteiger partial charge in [0.2, 0.25) is 0 Å². The first-order valence-corrected chi connectivity index (χ1v) is 4.04. The smallest absolute Gasteiger partial charge is 0.115 e. The van der Waals surface area contributed by atoms with Crippen molar-refractivity contribution in [1.29, 1.82) is 0 Å². The van der Waals surface area contributed by atoms with E-state index in [0.717, 1.165) is 5.57 Å². The van der Waals surface area contributed by atoms with Crippen molar-refractivity contribution in [2.75, 3.05) is 6.61 Å². The van der Waals surface area contributed by atoms with Crippen molar-refractivity contribution in [2.45, 2.75) is 20.0 Å². The minimum atomic E-state index is 0.0862. The van der Waals surface area contributed by atoms with Crippen LogP contribution in [0.2, 0.25) is 0 Å². The summed E-state index contributed by atoms with van der Waals surface area (Å²) in [7, 11) is 0. The zero-order valence-corrected chi connectivity index (χ0v) is 7.42. The third-order valence-electron chi connectivity index (χ3n) is 1.66. The summed E-state index contributed by atoms with van der Waals surface area (Å²) in [6, 6.07) is 0. The van der Waals surface area contributed by atoms with Crippen molar-refractivity contribution in [1.82, 2.24) is 10.9 Å². The van der Waals surface area contributed by atoms with E-state index in [1.807, 2.05) is 26.1 Å². The Kier molecular flexibility index (Phi) is 2.99. The lowest BCUT2D eigenvalue weighted by Gasteiger charge is -2.18. The van der Waals surface area contributed by atoms with Crippen molar-refractivity contribution in [3.05, 3.63) is 23.7 Å². The first-order chi connectivity index (χ1) is 5.74. The molecule has 4 nitrogen and oxygen atoms in total. The van der Waals surface area contributed by atoms with Gasteiger partial charge >= 0.3 is 0 Å². The Morgan fingerprint density at radius 3 is 3.00 bits per heavy atom. The summed E-state index contributed by atoms with van der Waals surface area (Å²) in [5.41, 5.74) is 12.2. The van der Waals surface area contributed by atoms with Crippen molar-refractivity contribution >= 4 is 0 Å². The minimum absolute atomic E-state index is 0.0862. The monoisotopic (exact) mass is 169 g/mol. The van der Waals surface area contributed by atoms with Gasteiger partial charge in [0.15, 0.2) is 0 Å². The Labute approximate surface area is 72.4 Å². The lowest BCUT2D eigenvalue weighted by Crippen LogP contribution is -2.35. The average molecular weight is 169 g/mol. The van der Waals surface area contributed by atoms with E-state index in [-0.39, 0.29) is 6.10 Å². The number of hydrazine groups is 1. The zero-order valence-electron chi connectivity index (χ0n) is 7.42. The van der Waals surface area contributed by atoms with E-state index in [2.05, 4.69) is 10.9 Å². The highest BCUT2D eigenvalue weighted by Gasteiger charge is 2.08. The highest BCUT2D eigenvalue weighted by atomic mass is 16.5. The molecule has 0 saturated heterocycles. The summed E-state index contributed by atoms with van der Waals surface area (Å²) in [5, 5.41) is 0. The quantitative estimate of drug-likeness (QED) is 0.565. The molecule has 1 aliphatic rings. The van der Waals surface area contributed by atoms with Crippen LogP contribution in [-0.2, 0) is 4.74 Å². The molecule has 0 fully saturated rings. The molecule has 0 bridgehead atoms. The molecule has 4 heteroatoms. The maximum atomic E-state index is 5.55. The van der Waals surface area contributed by atoms with Crippen LogP contribution >= 0.6 is 0 Å². The summed E-state index contributed by atoms with van der Waals surface area (Å²) < 4.78 is 5.39. The van der Waals surface area contributed by atoms with Crippen LogP contribution in [-0.4, -0.2) is 12.7 Å². The Morgan fingerprint density at radius 2 is 2.42 bits per heavy atom. The van der Waals surface area contributed by atoms with E-state index in [0.29, 0.717) is 12.4 Å². The van der Waals surface area contributed by atoms with Crippen molar-refractivity contribution in [3.8, 4) is 0 Å². The van der Waals surface area contributed by atoms with Gasteiger partial charge in [-0.2, -0.15) is 0 Å². The van der Waals surface area contributed by atoms with E-state index < -0.39 is 0 Å². The summed E-state index contributed by atoms with van der Waals surface area (Å²) in [4.78, 5) is 0. The largest absolute Gasteiger partial charge is 0.384 e. The molecule has 68 valence electrons. The fraction of sp³-hybridized carbons (Fsp3) is 0.500. The summed E-state index contributed by atoms with van der Waals surface area (Å²) in [5.74, 6) is 0.610. The number of hydrogen-bond acceptors (Lipinski definition) is 4. The molecule has 0 amide bonds. The van der Waals surface area contributed by atoms with Gasteiger partial charge in [-0.25, -0.2) is 0 Å². The molecule has 0 spiro atoms. The van der Waals surface area contributed by atoms with Crippen molar-refractivity contribution in [3.63, 3.8) is 0 Å². The molecule has 1 atom stereocenters. The van der Waals surface area contributed by atoms with Crippen LogP contribution in [0, 0.1) is 0 Å². The molecular weight excluding hydrogens is 154 g/mol. The normalized spacial score (nSPS) is 18.5. The lowest BCUT2D eigenvalue weighted by atomic mass is 10.1. The molecule has 1 heterocycles. The molecule has 0 aliphatic carbocycles. The first-order valence-electron chi connectivity index (χ1n) is 4.04. The number of nitrogens with one attached hydrogen (secondary N) is 2. The molecular formula is C8H15N3O. The van der Waals surface area contributed by atoms with Crippen LogP contribution in [0.25, 0.3) is 0 Å². The molecule has 1 unspecified atom stereocenters. The van der Waals surface area contributed by atoms with E-state index in [1.54, 1.807) is 0 Å². The maximum Gasteiger partial charge on any atom is 0.115 e. The number of rotatable bonds is 3. The summed E-state index contributed by atoms with van der Waals surface area (Å²) in [6.45, 7) is 4.67. The Bertz CT molecular complexity index is 210. The van der Waals surface area contributed by atoms with Gasteiger partial charge in [-0.05, 0) is 19.9 Å².